The number of aromatic nitrogens is 3. The van der Waals surface area contributed by atoms with E-state index in [1.807, 2.05) is 18.2 Å². The lowest BCUT2D eigenvalue weighted by atomic mass is 10.1. The van der Waals surface area contributed by atoms with Gasteiger partial charge in [0.05, 0.1) is 10.4 Å². The summed E-state index contributed by atoms with van der Waals surface area (Å²) in [5, 5.41) is 10.3. The van der Waals surface area contributed by atoms with E-state index < -0.39 is 21.5 Å². The fourth-order valence-electron chi connectivity index (χ4n) is 3.78. The third-order valence-corrected chi connectivity index (χ3v) is 7.10. The highest BCUT2D eigenvalue weighted by molar-refractivity contribution is 7.92. The van der Waals surface area contributed by atoms with Crippen LogP contribution in [0.25, 0.3) is 10.9 Å². The van der Waals surface area contributed by atoms with Crippen molar-refractivity contribution in [1.82, 2.24) is 20.1 Å². The van der Waals surface area contributed by atoms with Crippen molar-refractivity contribution >= 4 is 38.3 Å². The van der Waals surface area contributed by atoms with Crippen LogP contribution in [0.4, 0.5) is 11.5 Å². The number of ether oxygens (including phenoxy) is 2. The van der Waals surface area contributed by atoms with Crippen LogP contribution in [0.3, 0.4) is 0 Å². The van der Waals surface area contributed by atoms with Gasteiger partial charge in [0, 0.05) is 23.7 Å². The molecule has 1 aliphatic rings. The maximum atomic E-state index is 13.0. The molecule has 0 spiro atoms. The first-order valence-corrected chi connectivity index (χ1v) is 12.3. The fourth-order valence-corrected chi connectivity index (χ4v) is 4.86. The van der Waals surface area contributed by atoms with Gasteiger partial charge >= 0.3 is 0 Å². The molecule has 0 saturated carbocycles. The van der Waals surface area contributed by atoms with Gasteiger partial charge in [0.1, 0.15) is 12.2 Å². The minimum atomic E-state index is -4.10. The number of anilines is 2. The average Bonchev–Trinajstić information content (AvgIpc) is 3.48. The zero-order valence-corrected chi connectivity index (χ0v) is 19.9. The highest BCUT2D eigenvalue weighted by Crippen LogP contribution is 2.34. The molecular formula is C23H22N6O6S. The van der Waals surface area contributed by atoms with Crippen LogP contribution in [0.1, 0.15) is 11.3 Å². The van der Waals surface area contributed by atoms with Crippen LogP contribution in [0, 0.1) is 6.92 Å². The molecule has 0 bridgehead atoms. The molecule has 0 radical (unpaired) electrons. The number of hydrogen-bond acceptors (Lipinski definition) is 8. The summed E-state index contributed by atoms with van der Waals surface area (Å²) in [6.45, 7) is 1.58. The molecule has 4 aromatic rings. The van der Waals surface area contributed by atoms with E-state index >= 15 is 0 Å². The molecule has 5 rings (SSSR count). The van der Waals surface area contributed by atoms with Crippen LogP contribution >= 0.6 is 0 Å². The predicted molar refractivity (Wildman–Crippen MR) is 131 cm³/mol. The van der Waals surface area contributed by atoms with Crippen molar-refractivity contribution in [3.63, 3.8) is 0 Å². The van der Waals surface area contributed by atoms with E-state index in [0.717, 1.165) is 16.5 Å². The number of nitrogens with two attached hydrogens (primary N) is 1. The van der Waals surface area contributed by atoms with Gasteiger partial charge in [0.25, 0.3) is 15.6 Å². The number of nitrogens with one attached hydrogen (secondary N) is 3. The van der Waals surface area contributed by atoms with Crippen LogP contribution in [0.15, 0.2) is 58.2 Å². The van der Waals surface area contributed by atoms with Crippen LogP contribution in [0.2, 0.25) is 0 Å². The van der Waals surface area contributed by atoms with Gasteiger partial charge in [-0.3, -0.25) is 19.4 Å². The quantitative estimate of drug-likeness (QED) is 0.289. The number of nitrogens with zero attached hydrogens (tertiary/aromatic N) is 2. The molecule has 13 heteroatoms. The number of carbonyl (C=O) groups excluding carboxylic acids is 1. The number of amides is 1. The Labute approximate surface area is 205 Å². The standard InChI is InChI=1S/C23H22N6O6S/c1-13-2-5-18(28-36(32,33)15-4-7-19-20(9-15)35-12-34-19)23(31)29(13)11-21(30)25-10-14-3-6-17-16(8-14)22(24)27-26-17/h2-9,28H,10-12H2,1H3,(H,25,30)(H3,24,26,27). The van der Waals surface area contributed by atoms with Crippen molar-refractivity contribution in [2.75, 3.05) is 17.2 Å². The van der Waals surface area contributed by atoms with Crippen molar-refractivity contribution < 1.29 is 22.7 Å². The Hall–Kier alpha value is -4.52. The summed E-state index contributed by atoms with van der Waals surface area (Å²) in [5.74, 6) is 0.674. The predicted octanol–water partition coefficient (Wildman–Crippen LogP) is 1.46. The molecular weight excluding hydrogens is 488 g/mol. The third-order valence-electron chi connectivity index (χ3n) is 5.74. The summed E-state index contributed by atoms with van der Waals surface area (Å²) in [5.41, 5.74) is 7.07. The van der Waals surface area contributed by atoms with Crippen LogP contribution < -0.4 is 30.8 Å². The van der Waals surface area contributed by atoms with Crippen molar-refractivity contribution in [1.29, 1.82) is 0 Å². The molecule has 0 unspecified atom stereocenters. The lowest BCUT2D eigenvalue weighted by molar-refractivity contribution is -0.121. The number of carbonyl (C=O) groups is 1. The second kappa shape index (κ2) is 8.92. The maximum absolute atomic E-state index is 13.0. The number of H-pyrrole nitrogens is 1. The summed E-state index contributed by atoms with van der Waals surface area (Å²) in [7, 11) is -4.10. The molecule has 3 heterocycles. The molecule has 1 amide bonds. The minimum Gasteiger partial charge on any atom is -0.454 e. The monoisotopic (exact) mass is 510 g/mol. The fraction of sp³-hybridized carbons (Fsp3) is 0.174. The van der Waals surface area contributed by atoms with Gasteiger partial charge in [-0.25, -0.2) is 8.42 Å². The van der Waals surface area contributed by atoms with E-state index in [2.05, 4.69) is 20.2 Å². The largest absolute Gasteiger partial charge is 0.454 e. The van der Waals surface area contributed by atoms with Crippen molar-refractivity contribution in [2.24, 2.45) is 0 Å². The second-order valence-corrected chi connectivity index (χ2v) is 9.85. The number of hydrogen-bond donors (Lipinski definition) is 4. The Kier molecular flexibility index (Phi) is 5.76. The smallest absolute Gasteiger partial charge is 0.275 e. The average molecular weight is 511 g/mol. The SMILES string of the molecule is Cc1ccc(NS(=O)(=O)c2ccc3c(c2)OCO3)c(=O)n1CC(=O)NCc1ccc2[nH]nc(N)c2c1. The highest BCUT2D eigenvalue weighted by Gasteiger charge is 2.22. The number of aromatic amines is 1. The number of sulfonamides is 1. The number of nitrogen functional groups attached to an aromatic ring is 1. The lowest BCUT2D eigenvalue weighted by Gasteiger charge is -2.14. The van der Waals surface area contributed by atoms with Gasteiger partial charge in [-0.05, 0) is 48.9 Å². The number of aryl methyl sites for hydroxylation is 1. The zero-order valence-electron chi connectivity index (χ0n) is 19.1. The zero-order chi connectivity index (χ0) is 25.4. The lowest BCUT2D eigenvalue weighted by Crippen LogP contribution is -2.34. The minimum absolute atomic E-state index is 0.00297. The molecule has 2 aromatic carbocycles. The van der Waals surface area contributed by atoms with E-state index in [1.165, 1.54) is 28.8 Å². The molecule has 0 aliphatic carbocycles. The van der Waals surface area contributed by atoms with Gasteiger partial charge in [-0.15, -0.1) is 0 Å². The highest BCUT2D eigenvalue weighted by atomic mass is 32.2. The molecule has 0 saturated heterocycles. The van der Waals surface area contributed by atoms with E-state index in [4.69, 9.17) is 15.2 Å². The van der Waals surface area contributed by atoms with E-state index in [-0.39, 0.29) is 30.5 Å². The Morgan fingerprint density at radius 1 is 1.14 bits per heavy atom. The maximum Gasteiger partial charge on any atom is 0.275 e. The summed E-state index contributed by atoms with van der Waals surface area (Å²) in [6, 6.07) is 12.5. The van der Waals surface area contributed by atoms with Gasteiger partial charge in [0.2, 0.25) is 12.7 Å². The summed E-state index contributed by atoms with van der Waals surface area (Å²) in [6.07, 6.45) is 0. The van der Waals surface area contributed by atoms with E-state index in [0.29, 0.717) is 23.0 Å². The van der Waals surface area contributed by atoms with Crippen LogP contribution in [0.5, 0.6) is 11.5 Å². The normalized spacial score (nSPS) is 12.6. The summed E-state index contributed by atoms with van der Waals surface area (Å²) in [4.78, 5) is 25.6. The van der Waals surface area contributed by atoms with E-state index in [9.17, 15) is 18.0 Å². The molecule has 1 aliphatic heterocycles. The van der Waals surface area contributed by atoms with Crippen molar-refractivity contribution in [2.45, 2.75) is 24.9 Å². The molecule has 36 heavy (non-hydrogen) atoms. The molecule has 5 N–H and O–H groups in total. The number of pyridine rings is 1. The molecule has 12 nitrogen and oxygen atoms in total. The van der Waals surface area contributed by atoms with Gasteiger partial charge in [-0.1, -0.05) is 6.07 Å². The van der Waals surface area contributed by atoms with Crippen molar-refractivity contribution in [3.8, 4) is 11.5 Å². The first kappa shape index (κ1) is 23.2. The van der Waals surface area contributed by atoms with E-state index in [1.54, 1.807) is 13.0 Å². The summed E-state index contributed by atoms with van der Waals surface area (Å²) < 4.78 is 39.7. The number of benzene rings is 2. The Morgan fingerprint density at radius 2 is 1.94 bits per heavy atom. The van der Waals surface area contributed by atoms with Crippen LogP contribution in [-0.4, -0.2) is 35.9 Å². The second-order valence-electron chi connectivity index (χ2n) is 8.17. The Morgan fingerprint density at radius 3 is 2.78 bits per heavy atom. The number of rotatable bonds is 7. The molecule has 0 atom stereocenters. The topological polar surface area (TPSA) is 170 Å². The van der Waals surface area contributed by atoms with Gasteiger partial charge in [-0.2, -0.15) is 5.10 Å². The van der Waals surface area contributed by atoms with Crippen molar-refractivity contribution in [3.05, 3.63) is 70.1 Å². The Balaban J connectivity index is 1.30. The first-order valence-electron chi connectivity index (χ1n) is 10.8. The molecule has 186 valence electrons. The number of fused-ring (bicyclic) bond motifs is 2. The molecule has 2 aromatic heterocycles. The first-order chi connectivity index (χ1) is 17.2. The molecule has 0 fully saturated rings. The third kappa shape index (κ3) is 4.43. The Bertz CT molecular complexity index is 1660. The summed E-state index contributed by atoms with van der Waals surface area (Å²) >= 11 is 0. The van der Waals surface area contributed by atoms with Gasteiger partial charge < -0.3 is 25.1 Å². The van der Waals surface area contributed by atoms with Crippen LogP contribution in [-0.2, 0) is 27.9 Å². The van der Waals surface area contributed by atoms with Gasteiger partial charge in [0.15, 0.2) is 17.3 Å².